The average Bonchev–Trinajstić information content (AvgIpc) is 2.05. The maximum atomic E-state index is 5.73. The predicted octanol–water partition coefficient (Wildman–Crippen LogP) is 3.32. The fraction of sp³-hybridized carbons (Fsp3) is 1.00. The highest BCUT2D eigenvalue weighted by Gasteiger charge is 2.36. The monoisotopic (exact) mass is 220 g/mol. The summed E-state index contributed by atoms with van der Waals surface area (Å²) in [5.74, 6) is 0.709. The van der Waals surface area contributed by atoms with Crippen LogP contribution in [0.3, 0.4) is 0 Å². The molecule has 0 bridgehead atoms. The van der Waals surface area contributed by atoms with Crippen molar-refractivity contribution >= 4 is 15.9 Å². The quantitative estimate of drug-likeness (QED) is 0.650. The van der Waals surface area contributed by atoms with Gasteiger partial charge in [-0.05, 0) is 31.6 Å². The molecule has 0 spiro atoms. The largest absolute Gasteiger partial charge is 0.363 e. The van der Waals surface area contributed by atoms with Crippen LogP contribution >= 0.6 is 15.9 Å². The molecule has 1 nitrogen and oxygen atoms in total. The van der Waals surface area contributed by atoms with Crippen LogP contribution in [-0.4, -0.2) is 11.1 Å². The summed E-state index contributed by atoms with van der Waals surface area (Å²) in [5, 5.41) is 0. The zero-order valence-electron chi connectivity index (χ0n) is 7.40. The number of alkyl halides is 1. The van der Waals surface area contributed by atoms with Crippen molar-refractivity contribution in [2.75, 3.05) is 6.61 Å². The molecule has 2 heteroatoms. The van der Waals surface area contributed by atoms with Crippen LogP contribution < -0.4 is 0 Å². The smallest absolute Gasteiger partial charge is 0.125 e. The Morgan fingerprint density at radius 3 is 2.73 bits per heavy atom. The highest BCUT2D eigenvalue weighted by atomic mass is 79.9. The molecule has 2 atom stereocenters. The van der Waals surface area contributed by atoms with Gasteiger partial charge in [-0.25, -0.2) is 0 Å². The average molecular weight is 221 g/mol. The Hall–Kier alpha value is 0.440. The lowest BCUT2D eigenvalue weighted by Crippen LogP contribution is -2.37. The van der Waals surface area contributed by atoms with Crippen molar-refractivity contribution in [3.05, 3.63) is 0 Å². The molecule has 1 heterocycles. The number of hydrogen-bond donors (Lipinski definition) is 0. The minimum Gasteiger partial charge on any atom is -0.363 e. The zero-order chi connectivity index (χ0) is 8.32. The third-order valence-electron chi connectivity index (χ3n) is 2.62. The fourth-order valence-electron chi connectivity index (χ4n) is 1.80. The van der Waals surface area contributed by atoms with Crippen LogP contribution in [0.5, 0.6) is 0 Å². The second-order valence-electron chi connectivity index (χ2n) is 3.24. The van der Waals surface area contributed by atoms with Gasteiger partial charge >= 0.3 is 0 Å². The summed E-state index contributed by atoms with van der Waals surface area (Å²) < 4.78 is 5.73. The van der Waals surface area contributed by atoms with E-state index < -0.39 is 0 Å². The second kappa shape index (κ2) is 3.90. The molecule has 1 rings (SSSR count). The van der Waals surface area contributed by atoms with E-state index >= 15 is 0 Å². The van der Waals surface area contributed by atoms with Crippen molar-refractivity contribution in [3.8, 4) is 0 Å². The SMILES string of the molecule is CCC1CCCOC1(Br)CC. The molecule has 0 aromatic heterocycles. The molecule has 1 aliphatic heterocycles. The molecule has 0 aliphatic carbocycles. The fourth-order valence-corrected chi connectivity index (χ4v) is 2.52. The molecular weight excluding hydrogens is 204 g/mol. The van der Waals surface area contributed by atoms with Gasteiger partial charge < -0.3 is 4.74 Å². The topological polar surface area (TPSA) is 9.23 Å². The lowest BCUT2D eigenvalue weighted by atomic mass is 9.90. The van der Waals surface area contributed by atoms with E-state index in [1.165, 1.54) is 19.3 Å². The highest BCUT2D eigenvalue weighted by molar-refractivity contribution is 9.10. The van der Waals surface area contributed by atoms with Crippen LogP contribution in [0, 0.1) is 5.92 Å². The van der Waals surface area contributed by atoms with Gasteiger partial charge in [0.2, 0.25) is 0 Å². The highest BCUT2D eigenvalue weighted by Crippen LogP contribution is 2.40. The normalized spacial score (nSPS) is 39.0. The summed E-state index contributed by atoms with van der Waals surface area (Å²) in [6, 6.07) is 0. The first-order valence-electron chi connectivity index (χ1n) is 4.55. The van der Waals surface area contributed by atoms with Crippen LogP contribution in [0.1, 0.15) is 39.5 Å². The summed E-state index contributed by atoms with van der Waals surface area (Å²) in [6.07, 6.45) is 4.84. The molecule has 0 N–H and O–H groups in total. The van der Waals surface area contributed by atoms with Crippen molar-refractivity contribution in [3.63, 3.8) is 0 Å². The van der Waals surface area contributed by atoms with E-state index in [1.54, 1.807) is 0 Å². The third-order valence-corrected chi connectivity index (χ3v) is 4.06. The molecule has 0 aromatic rings. The first-order valence-corrected chi connectivity index (χ1v) is 5.35. The molecule has 2 unspecified atom stereocenters. The Bertz CT molecular complexity index is 127. The standard InChI is InChI=1S/C9H17BrO/c1-3-8-6-5-7-11-9(8,10)4-2/h8H,3-7H2,1-2H3. The predicted molar refractivity (Wildman–Crippen MR) is 50.9 cm³/mol. The van der Waals surface area contributed by atoms with E-state index in [0.717, 1.165) is 13.0 Å². The molecule has 0 aromatic carbocycles. The van der Waals surface area contributed by atoms with E-state index in [-0.39, 0.29) is 4.51 Å². The summed E-state index contributed by atoms with van der Waals surface area (Å²) in [6.45, 7) is 5.35. The Morgan fingerprint density at radius 1 is 1.55 bits per heavy atom. The Labute approximate surface area is 77.6 Å². The summed E-state index contributed by atoms with van der Waals surface area (Å²) in [7, 11) is 0. The zero-order valence-corrected chi connectivity index (χ0v) is 8.99. The van der Waals surface area contributed by atoms with Crippen LogP contribution in [0.2, 0.25) is 0 Å². The first-order chi connectivity index (χ1) is 5.23. The van der Waals surface area contributed by atoms with Crippen LogP contribution in [0.4, 0.5) is 0 Å². The van der Waals surface area contributed by atoms with Gasteiger partial charge in [0.25, 0.3) is 0 Å². The minimum atomic E-state index is 0.000000000000000222. The van der Waals surface area contributed by atoms with E-state index in [1.807, 2.05) is 0 Å². The van der Waals surface area contributed by atoms with Gasteiger partial charge in [0.15, 0.2) is 0 Å². The van der Waals surface area contributed by atoms with Crippen molar-refractivity contribution in [1.82, 2.24) is 0 Å². The van der Waals surface area contributed by atoms with Gasteiger partial charge in [-0.1, -0.05) is 29.8 Å². The molecule has 0 amide bonds. The lowest BCUT2D eigenvalue weighted by molar-refractivity contribution is -0.0505. The Balaban J connectivity index is 2.57. The molecule has 0 saturated carbocycles. The lowest BCUT2D eigenvalue weighted by Gasteiger charge is -2.38. The van der Waals surface area contributed by atoms with Gasteiger partial charge in [0.1, 0.15) is 4.51 Å². The molecule has 1 saturated heterocycles. The van der Waals surface area contributed by atoms with Gasteiger partial charge in [0.05, 0.1) is 0 Å². The molecule has 66 valence electrons. The van der Waals surface area contributed by atoms with Crippen molar-refractivity contribution in [2.24, 2.45) is 5.92 Å². The van der Waals surface area contributed by atoms with Crippen LogP contribution in [-0.2, 0) is 4.74 Å². The van der Waals surface area contributed by atoms with E-state index in [9.17, 15) is 0 Å². The third kappa shape index (κ3) is 1.97. The molecule has 11 heavy (non-hydrogen) atoms. The van der Waals surface area contributed by atoms with Crippen molar-refractivity contribution < 1.29 is 4.74 Å². The van der Waals surface area contributed by atoms with E-state index in [4.69, 9.17) is 4.74 Å². The number of hydrogen-bond acceptors (Lipinski definition) is 1. The Morgan fingerprint density at radius 2 is 2.27 bits per heavy atom. The Kier molecular flexibility index (Phi) is 3.38. The summed E-state index contributed by atoms with van der Waals surface area (Å²) >= 11 is 3.70. The van der Waals surface area contributed by atoms with Crippen LogP contribution in [0.25, 0.3) is 0 Å². The number of ether oxygens (including phenoxy) is 1. The first kappa shape index (κ1) is 9.53. The van der Waals surface area contributed by atoms with Crippen molar-refractivity contribution in [2.45, 2.75) is 44.0 Å². The minimum absolute atomic E-state index is 0.000000000000000222. The molecule has 1 fully saturated rings. The summed E-state index contributed by atoms with van der Waals surface area (Å²) in [4.78, 5) is 0. The number of halogens is 1. The molecular formula is C9H17BrO. The summed E-state index contributed by atoms with van der Waals surface area (Å²) in [5.41, 5.74) is 0. The van der Waals surface area contributed by atoms with Gasteiger partial charge in [-0.15, -0.1) is 0 Å². The molecule has 0 radical (unpaired) electrons. The van der Waals surface area contributed by atoms with E-state index in [2.05, 4.69) is 29.8 Å². The van der Waals surface area contributed by atoms with Gasteiger partial charge in [-0.2, -0.15) is 0 Å². The second-order valence-corrected chi connectivity index (χ2v) is 4.58. The molecule has 1 aliphatic rings. The van der Waals surface area contributed by atoms with Gasteiger partial charge in [0, 0.05) is 6.61 Å². The van der Waals surface area contributed by atoms with E-state index in [0.29, 0.717) is 5.92 Å². The maximum Gasteiger partial charge on any atom is 0.125 e. The maximum absolute atomic E-state index is 5.73. The van der Waals surface area contributed by atoms with Crippen LogP contribution in [0.15, 0.2) is 0 Å². The van der Waals surface area contributed by atoms with Gasteiger partial charge in [-0.3, -0.25) is 0 Å². The van der Waals surface area contributed by atoms with Crippen molar-refractivity contribution in [1.29, 1.82) is 0 Å². The number of rotatable bonds is 2.